The Kier molecular flexibility index (Phi) is 7.24. The van der Waals surface area contributed by atoms with E-state index in [2.05, 4.69) is 38.3 Å². The van der Waals surface area contributed by atoms with Crippen molar-refractivity contribution < 1.29 is 9.59 Å². The maximum atomic E-state index is 13.1. The average Bonchev–Trinajstić information content (AvgIpc) is 2.75. The minimum Gasteiger partial charge on any atom is -0.325 e. The van der Waals surface area contributed by atoms with Crippen LogP contribution in [0.2, 0.25) is 0 Å². The normalized spacial score (nSPS) is 11.1. The molecule has 0 unspecified atom stereocenters. The van der Waals surface area contributed by atoms with E-state index in [1.54, 1.807) is 12.1 Å². The highest BCUT2D eigenvalue weighted by atomic mass is 16.2. The summed E-state index contributed by atoms with van der Waals surface area (Å²) in [4.78, 5) is 26.3. The Morgan fingerprint density at radius 1 is 0.548 bits per heavy atom. The van der Waals surface area contributed by atoms with E-state index >= 15 is 0 Å². The summed E-state index contributed by atoms with van der Waals surface area (Å²) in [5, 5.41) is 5.80. The van der Waals surface area contributed by atoms with Gasteiger partial charge in [-0.2, -0.15) is 0 Å². The smallest absolute Gasteiger partial charge is 0.241 e. The Hall–Kier alpha value is -3.40. The molecular formula is C27H30N2O2. The molecule has 4 nitrogen and oxygen atoms in total. The first kappa shape index (κ1) is 22.3. The van der Waals surface area contributed by atoms with Gasteiger partial charge in [-0.05, 0) is 52.8 Å². The van der Waals surface area contributed by atoms with Crippen LogP contribution in [0.5, 0.6) is 0 Å². The molecule has 0 saturated carbocycles. The molecule has 0 aliphatic rings. The first-order chi connectivity index (χ1) is 14.8. The van der Waals surface area contributed by atoms with Crippen molar-refractivity contribution in [2.75, 3.05) is 10.6 Å². The van der Waals surface area contributed by atoms with Crippen molar-refractivity contribution in [2.24, 2.45) is 0 Å². The van der Waals surface area contributed by atoms with Crippen LogP contribution in [0.25, 0.3) is 0 Å². The molecule has 0 radical (unpaired) electrons. The predicted octanol–water partition coefficient (Wildman–Crippen LogP) is 6.29. The van der Waals surface area contributed by atoms with Gasteiger partial charge in [-0.1, -0.05) is 82.3 Å². The molecule has 0 atom stereocenters. The van der Waals surface area contributed by atoms with Gasteiger partial charge in [-0.3, -0.25) is 9.59 Å². The SMILES string of the molecule is CC(C)c1ccc(NC(=O)C(C(=O)Nc2ccc(C(C)C)cc2)c2ccccc2)cc1. The summed E-state index contributed by atoms with van der Waals surface area (Å²) in [7, 11) is 0. The lowest BCUT2D eigenvalue weighted by molar-refractivity contribution is -0.125. The molecule has 0 bridgehead atoms. The summed E-state index contributed by atoms with van der Waals surface area (Å²) in [5.74, 6) is -0.861. The van der Waals surface area contributed by atoms with Crippen molar-refractivity contribution in [3.8, 4) is 0 Å². The van der Waals surface area contributed by atoms with E-state index < -0.39 is 5.92 Å². The van der Waals surface area contributed by atoms with Crippen LogP contribution in [0.1, 0.15) is 62.1 Å². The zero-order valence-electron chi connectivity index (χ0n) is 18.6. The maximum absolute atomic E-state index is 13.1. The molecule has 3 aromatic rings. The fourth-order valence-electron chi connectivity index (χ4n) is 3.40. The molecular weight excluding hydrogens is 384 g/mol. The number of nitrogens with one attached hydrogen (secondary N) is 2. The van der Waals surface area contributed by atoms with Gasteiger partial charge in [-0.15, -0.1) is 0 Å². The molecule has 0 aliphatic heterocycles. The van der Waals surface area contributed by atoms with Gasteiger partial charge in [0.15, 0.2) is 0 Å². The summed E-state index contributed by atoms with van der Waals surface area (Å²) in [6, 6.07) is 24.6. The highest BCUT2D eigenvalue weighted by molar-refractivity contribution is 6.15. The lowest BCUT2D eigenvalue weighted by Gasteiger charge is -2.18. The molecule has 0 aromatic heterocycles. The Bertz CT molecular complexity index is 942. The van der Waals surface area contributed by atoms with E-state index in [9.17, 15) is 9.59 Å². The number of amides is 2. The zero-order valence-corrected chi connectivity index (χ0v) is 18.6. The quantitative estimate of drug-likeness (QED) is 0.446. The van der Waals surface area contributed by atoms with E-state index in [0.717, 1.165) is 0 Å². The van der Waals surface area contributed by atoms with Gasteiger partial charge >= 0.3 is 0 Å². The van der Waals surface area contributed by atoms with Gasteiger partial charge in [0.05, 0.1) is 0 Å². The second kappa shape index (κ2) is 10.1. The Morgan fingerprint density at radius 3 is 1.29 bits per heavy atom. The van der Waals surface area contributed by atoms with E-state index in [1.165, 1.54) is 11.1 Å². The standard InChI is InChI=1S/C27H30N2O2/c1-18(2)20-10-14-23(15-11-20)28-26(30)25(22-8-6-5-7-9-22)27(31)29-24-16-12-21(13-17-24)19(3)4/h5-19,25H,1-4H3,(H,28,30)(H,29,31). The largest absolute Gasteiger partial charge is 0.325 e. The second-order valence-electron chi connectivity index (χ2n) is 8.38. The van der Waals surface area contributed by atoms with Gasteiger partial charge in [0.1, 0.15) is 5.92 Å². The van der Waals surface area contributed by atoms with Gasteiger partial charge in [0.2, 0.25) is 11.8 Å². The molecule has 160 valence electrons. The Morgan fingerprint density at radius 2 is 0.935 bits per heavy atom. The zero-order chi connectivity index (χ0) is 22.4. The Balaban J connectivity index is 1.80. The van der Waals surface area contributed by atoms with Crippen molar-refractivity contribution in [2.45, 2.75) is 45.4 Å². The topological polar surface area (TPSA) is 58.2 Å². The average molecular weight is 415 g/mol. The molecule has 2 amide bonds. The van der Waals surface area contributed by atoms with Crippen molar-refractivity contribution >= 4 is 23.2 Å². The molecule has 31 heavy (non-hydrogen) atoms. The summed E-state index contributed by atoms with van der Waals surface area (Å²) in [5.41, 5.74) is 4.38. The molecule has 0 spiro atoms. The molecule has 3 aromatic carbocycles. The third-order valence-corrected chi connectivity index (χ3v) is 5.35. The minimum absolute atomic E-state index is 0.361. The van der Waals surface area contributed by atoms with Gasteiger partial charge < -0.3 is 10.6 Å². The number of hydrogen-bond acceptors (Lipinski definition) is 2. The second-order valence-corrected chi connectivity index (χ2v) is 8.38. The van der Waals surface area contributed by atoms with Crippen LogP contribution in [0.3, 0.4) is 0 Å². The fraction of sp³-hybridized carbons (Fsp3) is 0.259. The van der Waals surface area contributed by atoms with Gasteiger partial charge in [0, 0.05) is 11.4 Å². The van der Waals surface area contributed by atoms with Crippen molar-refractivity contribution in [1.82, 2.24) is 0 Å². The van der Waals surface area contributed by atoms with Crippen molar-refractivity contribution in [3.63, 3.8) is 0 Å². The molecule has 0 aliphatic carbocycles. The summed E-state index contributed by atoms with van der Waals surface area (Å²) >= 11 is 0. The van der Waals surface area contributed by atoms with Crippen LogP contribution >= 0.6 is 0 Å². The number of carbonyl (C=O) groups excluding carboxylic acids is 2. The third kappa shape index (κ3) is 5.82. The lowest BCUT2D eigenvalue weighted by atomic mass is 9.96. The van der Waals surface area contributed by atoms with E-state index in [-0.39, 0.29) is 11.8 Å². The van der Waals surface area contributed by atoms with Crippen LogP contribution in [-0.4, -0.2) is 11.8 Å². The van der Waals surface area contributed by atoms with Crippen molar-refractivity contribution in [1.29, 1.82) is 0 Å². The van der Waals surface area contributed by atoms with Crippen LogP contribution in [-0.2, 0) is 9.59 Å². The minimum atomic E-state index is -0.962. The Labute approximate surface area is 184 Å². The monoisotopic (exact) mass is 414 g/mol. The highest BCUT2D eigenvalue weighted by Crippen LogP contribution is 2.23. The fourth-order valence-corrected chi connectivity index (χ4v) is 3.40. The van der Waals surface area contributed by atoms with Crippen LogP contribution in [0.4, 0.5) is 11.4 Å². The summed E-state index contributed by atoms with van der Waals surface area (Å²) < 4.78 is 0. The molecule has 0 fully saturated rings. The summed E-state index contributed by atoms with van der Waals surface area (Å²) in [6.07, 6.45) is 0. The first-order valence-corrected chi connectivity index (χ1v) is 10.7. The third-order valence-electron chi connectivity index (χ3n) is 5.35. The van der Waals surface area contributed by atoms with E-state index in [1.807, 2.05) is 66.7 Å². The first-order valence-electron chi connectivity index (χ1n) is 10.7. The summed E-state index contributed by atoms with van der Waals surface area (Å²) in [6.45, 7) is 8.49. The predicted molar refractivity (Wildman–Crippen MR) is 128 cm³/mol. The molecule has 3 rings (SSSR count). The van der Waals surface area contributed by atoms with E-state index in [0.29, 0.717) is 28.8 Å². The van der Waals surface area contributed by atoms with Crippen LogP contribution in [0.15, 0.2) is 78.9 Å². The van der Waals surface area contributed by atoms with Crippen molar-refractivity contribution in [3.05, 3.63) is 95.6 Å². The molecule has 2 N–H and O–H groups in total. The molecule has 0 heterocycles. The van der Waals surface area contributed by atoms with Crippen LogP contribution in [0, 0.1) is 0 Å². The number of carbonyl (C=O) groups is 2. The van der Waals surface area contributed by atoms with Gasteiger partial charge in [0.25, 0.3) is 0 Å². The number of hydrogen-bond donors (Lipinski definition) is 2. The highest BCUT2D eigenvalue weighted by Gasteiger charge is 2.28. The van der Waals surface area contributed by atoms with E-state index in [4.69, 9.17) is 0 Å². The van der Waals surface area contributed by atoms with Gasteiger partial charge in [-0.25, -0.2) is 0 Å². The van der Waals surface area contributed by atoms with Crippen LogP contribution < -0.4 is 10.6 Å². The number of benzene rings is 3. The molecule has 4 heteroatoms. The maximum Gasteiger partial charge on any atom is 0.241 e. The lowest BCUT2D eigenvalue weighted by Crippen LogP contribution is -2.32. The number of rotatable bonds is 7. The molecule has 0 saturated heterocycles. The number of anilines is 2.